The predicted molar refractivity (Wildman–Crippen MR) is 126 cm³/mol. The molecule has 0 bridgehead atoms. The highest BCUT2D eigenvalue weighted by molar-refractivity contribution is 5.81. The number of pyridine rings is 1. The molecule has 0 atom stereocenters. The number of likely N-dealkylation sites (tertiary alicyclic amines) is 1. The highest BCUT2D eigenvalue weighted by Crippen LogP contribution is 2.27. The summed E-state index contributed by atoms with van der Waals surface area (Å²) < 4.78 is 21.4. The fourth-order valence-electron chi connectivity index (χ4n) is 4.38. The average molecular weight is 449 g/mol. The van der Waals surface area contributed by atoms with Crippen LogP contribution in [0.1, 0.15) is 43.9 Å². The van der Waals surface area contributed by atoms with Crippen molar-refractivity contribution in [2.24, 2.45) is 0 Å². The van der Waals surface area contributed by atoms with Crippen LogP contribution in [-0.4, -0.2) is 55.3 Å². The number of hydrogen-bond acceptors (Lipinski definition) is 6. The second-order valence-corrected chi connectivity index (χ2v) is 8.77. The molecule has 1 saturated heterocycles. The Morgan fingerprint density at radius 2 is 1.97 bits per heavy atom. The summed E-state index contributed by atoms with van der Waals surface area (Å²) in [5, 5.41) is 8.93. The second-order valence-electron chi connectivity index (χ2n) is 8.77. The van der Waals surface area contributed by atoms with E-state index in [9.17, 15) is 4.39 Å². The smallest absolute Gasteiger partial charge is 0.183 e. The van der Waals surface area contributed by atoms with Gasteiger partial charge in [-0.25, -0.2) is 9.37 Å². The fraction of sp³-hybridized carbons (Fsp3) is 0.440. The maximum Gasteiger partial charge on any atom is 0.183 e. The molecule has 33 heavy (non-hydrogen) atoms. The number of benzene rings is 1. The number of piperidine rings is 1. The quantitative estimate of drug-likeness (QED) is 0.380. The van der Waals surface area contributed by atoms with Crippen molar-refractivity contribution < 1.29 is 9.13 Å². The molecule has 0 radical (unpaired) electrons. The van der Waals surface area contributed by atoms with Crippen LogP contribution in [0.25, 0.3) is 28.1 Å². The summed E-state index contributed by atoms with van der Waals surface area (Å²) in [6.07, 6.45) is 6.14. The number of halogens is 1. The van der Waals surface area contributed by atoms with E-state index < -0.39 is 6.17 Å². The second kappa shape index (κ2) is 9.39. The van der Waals surface area contributed by atoms with E-state index in [-0.39, 0.29) is 0 Å². The molecule has 0 unspecified atom stereocenters. The normalized spacial score (nSPS) is 15.5. The number of fused-ring (bicyclic) bond motifs is 3. The SMILES string of the molecule is CCCCOc1cncc(-c2nnc3c(C)nc4ccc(CN5CCC(F)CC5)cc4n23)c1. The van der Waals surface area contributed by atoms with E-state index in [0.29, 0.717) is 25.3 Å². The van der Waals surface area contributed by atoms with Crippen LogP contribution in [0.2, 0.25) is 0 Å². The van der Waals surface area contributed by atoms with Gasteiger partial charge in [0.2, 0.25) is 0 Å². The molecule has 1 fully saturated rings. The first-order valence-electron chi connectivity index (χ1n) is 11.7. The van der Waals surface area contributed by atoms with Crippen molar-refractivity contribution in [3.8, 4) is 17.1 Å². The summed E-state index contributed by atoms with van der Waals surface area (Å²) in [7, 11) is 0. The summed E-state index contributed by atoms with van der Waals surface area (Å²) in [5.74, 6) is 1.44. The van der Waals surface area contributed by atoms with Gasteiger partial charge in [-0.05, 0) is 49.9 Å². The Hall–Kier alpha value is -3.13. The van der Waals surface area contributed by atoms with Crippen LogP contribution >= 0.6 is 0 Å². The molecule has 4 heterocycles. The Bertz CT molecular complexity index is 1260. The molecule has 5 rings (SSSR count). The number of aromatic nitrogens is 5. The summed E-state index contributed by atoms with van der Waals surface area (Å²) in [4.78, 5) is 11.4. The summed E-state index contributed by atoms with van der Waals surface area (Å²) in [6, 6.07) is 8.27. The van der Waals surface area contributed by atoms with Crippen molar-refractivity contribution in [3.05, 3.63) is 47.9 Å². The number of unbranched alkanes of at least 4 members (excludes halogenated alkanes) is 1. The van der Waals surface area contributed by atoms with Gasteiger partial charge in [-0.15, -0.1) is 10.2 Å². The molecule has 4 aromatic rings. The Morgan fingerprint density at radius 3 is 2.79 bits per heavy atom. The Balaban J connectivity index is 1.54. The van der Waals surface area contributed by atoms with Gasteiger partial charge < -0.3 is 4.74 Å². The molecular weight excluding hydrogens is 419 g/mol. The van der Waals surface area contributed by atoms with Gasteiger partial charge in [-0.3, -0.25) is 14.3 Å². The predicted octanol–water partition coefficient (Wildman–Crippen LogP) is 4.76. The summed E-state index contributed by atoms with van der Waals surface area (Å²) in [6.45, 7) is 7.11. The Morgan fingerprint density at radius 1 is 1.12 bits per heavy atom. The van der Waals surface area contributed by atoms with Crippen molar-refractivity contribution in [1.29, 1.82) is 0 Å². The highest BCUT2D eigenvalue weighted by Gasteiger charge is 2.19. The first-order chi connectivity index (χ1) is 16.1. The number of rotatable bonds is 7. The fourth-order valence-corrected chi connectivity index (χ4v) is 4.38. The van der Waals surface area contributed by atoms with E-state index in [1.807, 2.05) is 19.1 Å². The van der Waals surface area contributed by atoms with Crippen LogP contribution in [-0.2, 0) is 6.54 Å². The zero-order valence-corrected chi connectivity index (χ0v) is 19.2. The standard InChI is InChI=1S/C25H29FN6O/c1-3-4-11-33-21-13-19(14-27-15-21)25-30-29-24-17(2)28-22-6-5-18(12-23(22)32(24)25)16-31-9-7-20(26)8-10-31/h5-6,12-15,20H,3-4,7-11,16H2,1-2H3. The minimum atomic E-state index is -0.667. The van der Waals surface area contributed by atoms with Crippen LogP contribution in [0.3, 0.4) is 0 Å². The number of aryl methyl sites for hydroxylation is 1. The monoisotopic (exact) mass is 448 g/mol. The molecule has 172 valence electrons. The number of ether oxygens (including phenoxy) is 1. The lowest BCUT2D eigenvalue weighted by Gasteiger charge is -2.28. The highest BCUT2D eigenvalue weighted by atomic mass is 19.1. The van der Waals surface area contributed by atoms with Gasteiger partial charge >= 0.3 is 0 Å². The van der Waals surface area contributed by atoms with Crippen LogP contribution < -0.4 is 4.74 Å². The Kier molecular flexibility index (Phi) is 6.17. The van der Waals surface area contributed by atoms with E-state index in [4.69, 9.17) is 9.72 Å². The largest absolute Gasteiger partial charge is 0.492 e. The molecule has 0 N–H and O–H groups in total. The maximum absolute atomic E-state index is 13.5. The van der Waals surface area contributed by atoms with Crippen LogP contribution in [0.5, 0.6) is 5.75 Å². The average Bonchev–Trinajstić information content (AvgIpc) is 3.28. The maximum atomic E-state index is 13.5. The van der Waals surface area contributed by atoms with Crippen LogP contribution in [0.15, 0.2) is 36.7 Å². The molecule has 0 aliphatic carbocycles. The molecule has 0 spiro atoms. The lowest BCUT2D eigenvalue weighted by atomic mass is 10.1. The molecule has 8 heteroatoms. The molecule has 1 aliphatic heterocycles. The number of alkyl halides is 1. The molecule has 0 saturated carbocycles. The van der Waals surface area contributed by atoms with Crippen molar-refractivity contribution in [2.45, 2.75) is 52.2 Å². The Labute approximate surface area is 192 Å². The van der Waals surface area contributed by atoms with Crippen molar-refractivity contribution in [2.75, 3.05) is 19.7 Å². The zero-order valence-electron chi connectivity index (χ0n) is 19.2. The van der Waals surface area contributed by atoms with Crippen molar-refractivity contribution in [1.82, 2.24) is 29.5 Å². The summed E-state index contributed by atoms with van der Waals surface area (Å²) in [5.41, 5.74) is 5.40. The zero-order chi connectivity index (χ0) is 22.8. The molecule has 7 nitrogen and oxygen atoms in total. The topological polar surface area (TPSA) is 68.4 Å². The van der Waals surface area contributed by atoms with Gasteiger partial charge in [0.15, 0.2) is 11.5 Å². The molecule has 1 aromatic carbocycles. The first kappa shape index (κ1) is 21.7. The lowest BCUT2D eigenvalue weighted by molar-refractivity contribution is 0.145. The van der Waals surface area contributed by atoms with Gasteiger partial charge in [0.1, 0.15) is 11.9 Å². The molecule has 0 amide bonds. The number of hydrogen-bond donors (Lipinski definition) is 0. The van der Waals surface area contributed by atoms with E-state index >= 15 is 0 Å². The third-order valence-corrected chi connectivity index (χ3v) is 6.22. The van der Waals surface area contributed by atoms with Crippen molar-refractivity contribution in [3.63, 3.8) is 0 Å². The van der Waals surface area contributed by atoms with E-state index in [2.05, 4.69) is 43.5 Å². The van der Waals surface area contributed by atoms with E-state index in [1.54, 1.807) is 12.4 Å². The lowest BCUT2D eigenvalue weighted by Crippen LogP contribution is -2.33. The minimum absolute atomic E-state index is 0.609. The van der Waals surface area contributed by atoms with Crippen molar-refractivity contribution >= 4 is 16.7 Å². The number of nitrogens with zero attached hydrogens (tertiary/aromatic N) is 6. The van der Waals surface area contributed by atoms with E-state index in [1.165, 1.54) is 5.56 Å². The minimum Gasteiger partial charge on any atom is -0.492 e. The van der Waals surface area contributed by atoms with Gasteiger partial charge in [0.05, 0.1) is 29.5 Å². The third kappa shape index (κ3) is 4.53. The van der Waals surface area contributed by atoms with Gasteiger partial charge in [0.25, 0.3) is 0 Å². The molecule has 1 aliphatic rings. The van der Waals surface area contributed by atoms with Gasteiger partial charge in [-0.1, -0.05) is 19.4 Å². The molecular formula is C25H29FN6O. The van der Waals surface area contributed by atoms with Crippen LogP contribution in [0, 0.1) is 6.92 Å². The van der Waals surface area contributed by atoms with Gasteiger partial charge in [0, 0.05) is 31.4 Å². The molecule has 3 aromatic heterocycles. The van der Waals surface area contributed by atoms with Gasteiger partial charge in [-0.2, -0.15) is 0 Å². The third-order valence-electron chi connectivity index (χ3n) is 6.22. The first-order valence-corrected chi connectivity index (χ1v) is 11.7. The van der Waals surface area contributed by atoms with E-state index in [0.717, 1.165) is 66.2 Å². The summed E-state index contributed by atoms with van der Waals surface area (Å²) >= 11 is 0. The van der Waals surface area contributed by atoms with Crippen LogP contribution in [0.4, 0.5) is 4.39 Å².